The van der Waals surface area contributed by atoms with E-state index in [-0.39, 0.29) is 17.8 Å². The minimum atomic E-state index is -0.210. The number of rotatable bonds is 5. The van der Waals surface area contributed by atoms with Crippen LogP contribution in [0.2, 0.25) is 0 Å². The molecule has 1 aromatic carbocycles. The summed E-state index contributed by atoms with van der Waals surface area (Å²) in [6, 6.07) is 6.79. The first kappa shape index (κ1) is 16.7. The molecular weight excluding hydrogens is 281 g/mol. The molecule has 0 bridgehead atoms. The maximum Gasteiger partial charge on any atom is 0.234 e. The Balaban J connectivity index is 1.77. The van der Waals surface area contributed by atoms with Gasteiger partial charge in [-0.15, -0.1) is 0 Å². The fraction of sp³-hybridized carbons (Fsp3) is 0.588. The van der Waals surface area contributed by atoms with Crippen molar-refractivity contribution in [1.29, 1.82) is 0 Å². The summed E-state index contributed by atoms with van der Waals surface area (Å²) < 4.78 is 12.9. The van der Waals surface area contributed by atoms with Crippen LogP contribution in [0.15, 0.2) is 24.3 Å². The van der Waals surface area contributed by atoms with Crippen LogP contribution < -0.4 is 10.2 Å². The molecule has 5 heteroatoms. The predicted molar refractivity (Wildman–Crippen MR) is 87.5 cm³/mol. The van der Waals surface area contributed by atoms with Gasteiger partial charge in [0.25, 0.3) is 0 Å². The quantitative estimate of drug-likeness (QED) is 0.905. The molecular formula is C17H26FN3O. The van der Waals surface area contributed by atoms with E-state index in [0.717, 1.165) is 31.9 Å². The number of benzene rings is 1. The van der Waals surface area contributed by atoms with E-state index in [9.17, 15) is 9.18 Å². The summed E-state index contributed by atoms with van der Waals surface area (Å²) in [6.45, 7) is 10.1. The third-order valence-electron chi connectivity index (χ3n) is 4.32. The van der Waals surface area contributed by atoms with E-state index in [0.29, 0.717) is 12.5 Å². The number of nitrogens with one attached hydrogen (secondary N) is 1. The Labute approximate surface area is 132 Å². The largest absolute Gasteiger partial charge is 0.369 e. The maximum atomic E-state index is 12.9. The van der Waals surface area contributed by atoms with Gasteiger partial charge in [-0.1, -0.05) is 13.8 Å². The van der Waals surface area contributed by atoms with Crippen LogP contribution in [-0.4, -0.2) is 49.6 Å². The fourth-order valence-corrected chi connectivity index (χ4v) is 2.49. The lowest BCUT2D eigenvalue weighted by molar-refractivity contribution is -0.123. The van der Waals surface area contributed by atoms with Gasteiger partial charge in [0.15, 0.2) is 0 Å². The Bertz CT molecular complexity index is 481. The standard InChI is InChI=1S/C17H26FN3O/c1-13(2)14(3)19-17(22)12-20-8-10-21(11-9-20)16-6-4-15(18)5-7-16/h4-7,13-14H,8-12H2,1-3H3,(H,19,22). The van der Waals surface area contributed by atoms with Gasteiger partial charge in [0.05, 0.1) is 6.54 Å². The van der Waals surface area contributed by atoms with E-state index in [2.05, 4.69) is 29.0 Å². The van der Waals surface area contributed by atoms with Gasteiger partial charge in [-0.3, -0.25) is 9.69 Å². The summed E-state index contributed by atoms with van der Waals surface area (Å²) in [5.74, 6) is 0.328. The van der Waals surface area contributed by atoms with E-state index >= 15 is 0 Å². The average Bonchev–Trinajstić information content (AvgIpc) is 2.48. The highest BCUT2D eigenvalue weighted by atomic mass is 19.1. The van der Waals surface area contributed by atoms with Crippen molar-refractivity contribution < 1.29 is 9.18 Å². The smallest absolute Gasteiger partial charge is 0.234 e. The SMILES string of the molecule is CC(C)C(C)NC(=O)CN1CCN(c2ccc(F)cc2)CC1. The lowest BCUT2D eigenvalue weighted by atomic mass is 10.1. The Kier molecular flexibility index (Phi) is 5.77. The number of anilines is 1. The predicted octanol–water partition coefficient (Wildman–Crippen LogP) is 2.11. The molecule has 1 atom stereocenters. The van der Waals surface area contributed by atoms with E-state index in [1.165, 1.54) is 12.1 Å². The van der Waals surface area contributed by atoms with E-state index in [1.807, 2.05) is 19.1 Å². The van der Waals surface area contributed by atoms with Crippen molar-refractivity contribution in [2.75, 3.05) is 37.6 Å². The molecule has 1 aliphatic heterocycles. The normalized spacial score (nSPS) is 17.6. The minimum absolute atomic E-state index is 0.0939. The van der Waals surface area contributed by atoms with E-state index in [1.54, 1.807) is 0 Å². The molecule has 1 amide bonds. The van der Waals surface area contributed by atoms with Gasteiger partial charge in [-0.25, -0.2) is 4.39 Å². The number of hydrogen-bond donors (Lipinski definition) is 1. The Morgan fingerprint density at radius 2 is 1.73 bits per heavy atom. The van der Waals surface area contributed by atoms with Crippen molar-refractivity contribution >= 4 is 11.6 Å². The van der Waals surface area contributed by atoms with Crippen molar-refractivity contribution in [1.82, 2.24) is 10.2 Å². The second kappa shape index (κ2) is 7.58. The molecule has 0 saturated carbocycles. The summed E-state index contributed by atoms with van der Waals surface area (Å²) >= 11 is 0. The van der Waals surface area contributed by atoms with Crippen LogP contribution in [0.4, 0.5) is 10.1 Å². The third kappa shape index (κ3) is 4.70. The lowest BCUT2D eigenvalue weighted by Crippen LogP contribution is -2.50. The molecule has 2 rings (SSSR count). The van der Waals surface area contributed by atoms with Crippen LogP contribution in [0.3, 0.4) is 0 Å². The zero-order valence-electron chi connectivity index (χ0n) is 13.7. The van der Waals surface area contributed by atoms with E-state index < -0.39 is 0 Å². The second-order valence-electron chi connectivity index (χ2n) is 6.34. The van der Waals surface area contributed by atoms with Crippen LogP contribution >= 0.6 is 0 Å². The number of halogens is 1. The molecule has 4 nitrogen and oxygen atoms in total. The number of carbonyl (C=O) groups excluding carboxylic acids is 1. The lowest BCUT2D eigenvalue weighted by Gasteiger charge is -2.36. The Morgan fingerprint density at radius 3 is 2.27 bits per heavy atom. The minimum Gasteiger partial charge on any atom is -0.369 e. The van der Waals surface area contributed by atoms with Crippen LogP contribution in [0, 0.1) is 11.7 Å². The first-order valence-corrected chi connectivity index (χ1v) is 7.98. The van der Waals surface area contributed by atoms with Crippen molar-refractivity contribution in [3.63, 3.8) is 0 Å². The highest BCUT2D eigenvalue weighted by molar-refractivity contribution is 5.78. The number of piperazine rings is 1. The van der Waals surface area contributed by atoms with Crippen molar-refractivity contribution in [3.8, 4) is 0 Å². The molecule has 1 N–H and O–H groups in total. The molecule has 1 saturated heterocycles. The summed E-state index contributed by atoms with van der Waals surface area (Å²) in [6.07, 6.45) is 0. The molecule has 0 spiro atoms. The zero-order valence-corrected chi connectivity index (χ0v) is 13.7. The highest BCUT2D eigenvalue weighted by Crippen LogP contribution is 2.16. The van der Waals surface area contributed by atoms with Crippen LogP contribution in [-0.2, 0) is 4.79 Å². The van der Waals surface area contributed by atoms with Gasteiger partial charge >= 0.3 is 0 Å². The first-order chi connectivity index (χ1) is 10.5. The molecule has 1 fully saturated rings. The van der Waals surface area contributed by atoms with Gasteiger partial charge in [-0.2, -0.15) is 0 Å². The number of hydrogen-bond acceptors (Lipinski definition) is 3. The molecule has 0 aromatic heterocycles. The Morgan fingerprint density at radius 1 is 1.14 bits per heavy atom. The Hall–Kier alpha value is -1.62. The fourth-order valence-electron chi connectivity index (χ4n) is 2.49. The maximum absolute atomic E-state index is 12.9. The van der Waals surface area contributed by atoms with Gasteiger partial charge in [0.2, 0.25) is 5.91 Å². The third-order valence-corrected chi connectivity index (χ3v) is 4.32. The zero-order chi connectivity index (χ0) is 16.1. The number of amides is 1. The summed E-state index contributed by atoms with van der Waals surface area (Å²) in [4.78, 5) is 16.4. The second-order valence-corrected chi connectivity index (χ2v) is 6.34. The molecule has 22 heavy (non-hydrogen) atoms. The molecule has 122 valence electrons. The molecule has 0 radical (unpaired) electrons. The number of carbonyl (C=O) groups is 1. The van der Waals surface area contributed by atoms with Crippen molar-refractivity contribution in [2.24, 2.45) is 5.92 Å². The summed E-state index contributed by atoms with van der Waals surface area (Å²) in [5.41, 5.74) is 1.04. The summed E-state index contributed by atoms with van der Waals surface area (Å²) in [5, 5.41) is 3.04. The van der Waals surface area contributed by atoms with Crippen LogP contribution in [0.1, 0.15) is 20.8 Å². The van der Waals surface area contributed by atoms with Crippen molar-refractivity contribution in [3.05, 3.63) is 30.1 Å². The first-order valence-electron chi connectivity index (χ1n) is 7.98. The van der Waals surface area contributed by atoms with E-state index in [4.69, 9.17) is 0 Å². The van der Waals surface area contributed by atoms with Gasteiger partial charge in [0, 0.05) is 37.9 Å². The van der Waals surface area contributed by atoms with Crippen LogP contribution in [0.25, 0.3) is 0 Å². The molecule has 1 aliphatic rings. The molecule has 1 aromatic rings. The van der Waals surface area contributed by atoms with Gasteiger partial charge in [-0.05, 0) is 37.1 Å². The monoisotopic (exact) mass is 307 g/mol. The average molecular weight is 307 g/mol. The molecule has 1 heterocycles. The topological polar surface area (TPSA) is 35.6 Å². The van der Waals surface area contributed by atoms with Gasteiger partial charge in [0.1, 0.15) is 5.82 Å². The van der Waals surface area contributed by atoms with Gasteiger partial charge < -0.3 is 10.2 Å². The highest BCUT2D eigenvalue weighted by Gasteiger charge is 2.20. The summed E-state index contributed by atoms with van der Waals surface area (Å²) in [7, 11) is 0. The number of nitrogens with zero attached hydrogens (tertiary/aromatic N) is 2. The van der Waals surface area contributed by atoms with Crippen molar-refractivity contribution in [2.45, 2.75) is 26.8 Å². The molecule has 0 aliphatic carbocycles. The molecule has 1 unspecified atom stereocenters. The van der Waals surface area contributed by atoms with Crippen LogP contribution in [0.5, 0.6) is 0 Å².